The van der Waals surface area contributed by atoms with Crippen molar-refractivity contribution in [2.75, 3.05) is 30.4 Å². The molecule has 0 bridgehead atoms. The number of nitrogens with one attached hydrogen (secondary N) is 1. The standard InChI is InChI=1S/C12H17FN2O2S/c13-11-3-2-9(14)8-10(11)12(17)15-4-7-18-6-1-5-16/h2-3,8,16H,1,4-7,14H2,(H,15,17). The van der Waals surface area contributed by atoms with Crippen LogP contribution in [-0.4, -0.2) is 35.7 Å². The molecule has 0 fully saturated rings. The van der Waals surface area contributed by atoms with Gasteiger partial charge in [0.15, 0.2) is 0 Å². The summed E-state index contributed by atoms with van der Waals surface area (Å²) in [6.07, 6.45) is 0.739. The van der Waals surface area contributed by atoms with Gasteiger partial charge in [-0.1, -0.05) is 0 Å². The fourth-order valence-electron chi connectivity index (χ4n) is 1.32. The molecule has 0 aromatic heterocycles. The summed E-state index contributed by atoms with van der Waals surface area (Å²) in [7, 11) is 0. The molecule has 0 unspecified atom stereocenters. The molecule has 0 atom stereocenters. The smallest absolute Gasteiger partial charge is 0.254 e. The summed E-state index contributed by atoms with van der Waals surface area (Å²) in [5.41, 5.74) is 5.83. The van der Waals surface area contributed by atoms with E-state index < -0.39 is 11.7 Å². The van der Waals surface area contributed by atoms with Crippen LogP contribution in [0, 0.1) is 5.82 Å². The Morgan fingerprint density at radius 2 is 2.22 bits per heavy atom. The van der Waals surface area contributed by atoms with Crippen LogP contribution in [0.1, 0.15) is 16.8 Å². The minimum Gasteiger partial charge on any atom is -0.399 e. The number of aliphatic hydroxyl groups excluding tert-OH is 1. The summed E-state index contributed by atoms with van der Waals surface area (Å²) in [4.78, 5) is 11.7. The van der Waals surface area contributed by atoms with Crippen molar-refractivity contribution in [2.24, 2.45) is 0 Å². The number of rotatable bonds is 7. The van der Waals surface area contributed by atoms with E-state index in [0.29, 0.717) is 12.2 Å². The zero-order chi connectivity index (χ0) is 13.4. The van der Waals surface area contributed by atoms with Gasteiger partial charge in [0.2, 0.25) is 0 Å². The number of aliphatic hydroxyl groups is 1. The van der Waals surface area contributed by atoms with Crippen LogP contribution in [0.25, 0.3) is 0 Å². The molecule has 0 saturated heterocycles. The minimum atomic E-state index is -0.574. The Morgan fingerprint density at radius 1 is 1.44 bits per heavy atom. The average molecular weight is 272 g/mol. The summed E-state index contributed by atoms with van der Waals surface area (Å²) in [5.74, 6) is 0.548. The lowest BCUT2D eigenvalue weighted by atomic mass is 10.2. The lowest BCUT2D eigenvalue weighted by molar-refractivity contribution is 0.0952. The molecule has 4 N–H and O–H groups in total. The van der Waals surface area contributed by atoms with Crippen LogP contribution in [0.4, 0.5) is 10.1 Å². The Bertz CT molecular complexity index is 402. The van der Waals surface area contributed by atoms with E-state index in [1.54, 1.807) is 11.8 Å². The van der Waals surface area contributed by atoms with E-state index >= 15 is 0 Å². The van der Waals surface area contributed by atoms with Crippen LogP contribution < -0.4 is 11.1 Å². The summed E-state index contributed by atoms with van der Waals surface area (Å²) in [6, 6.07) is 3.92. The molecule has 0 radical (unpaired) electrons. The van der Waals surface area contributed by atoms with E-state index in [1.807, 2.05) is 0 Å². The highest BCUT2D eigenvalue weighted by Gasteiger charge is 2.11. The number of hydrogen-bond acceptors (Lipinski definition) is 4. The maximum Gasteiger partial charge on any atom is 0.254 e. The highest BCUT2D eigenvalue weighted by atomic mass is 32.2. The van der Waals surface area contributed by atoms with Crippen LogP contribution in [-0.2, 0) is 0 Å². The third-order valence-electron chi connectivity index (χ3n) is 2.21. The topological polar surface area (TPSA) is 75.4 Å². The van der Waals surface area contributed by atoms with Crippen molar-refractivity contribution in [3.05, 3.63) is 29.6 Å². The van der Waals surface area contributed by atoms with Crippen LogP contribution in [0.2, 0.25) is 0 Å². The maximum absolute atomic E-state index is 13.3. The number of hydrogen-bond donors (Lipinski definition) is 3. The first-order valence-corrected chi connectivity index (χ1v) is 6.82. The molecule has 0 aliphatic heterocycles. The van der Waals surface area contributed by atoms with Gasteiger partial charge < -0.3 is 16.2 Å². The molecule has 4 nitrogen and oxygen atoms in total. The number of benzene rings is 1. The largest absolute Gasteiger partial charge is 0.399 e. The van der Waals surface area contributed by atoms with Crippen molar-refractivity contribution < 1.29 is 14.3 Å². The van der Waals surface area contributed by atoms with Gasteiger partial charge in [-0.3, -0.25) is 4.79 Å². The normalized spacial score (nSPS) is 10.3. The van der Waals surface area contributed by atoms with Crippen molar-refractivity contribution in [1.29, 1.82) is 0 Å². The number of amides is 1. The lowest BCUT2D eigenvalue weighted by Gasteiger charge is -2.06. The van der Waals surface area contributed by atoms with Crippen LogP contribution in [0.15, 0.2) is 18.2 Å². The Balaban J connectivity index is 2.34. The Labute approximate surface area is 110 Å². The first kappa shape index (κ1) is 14.8. The molecule has 0 aliphatic carbocycles. The Kier molecular flexibility index (Phi) is 6.53. The van der Waals surface area contributed by atoms with Crippen LogP contribution in [0.3, 0.4) is 0 Å². The van der Waals surface area contributed by atoms with Gasteiger partial charge in [0.1, 0.15) is 5.82 Å². The molecule has 1 rings (SSSR count). The maximum atomic E-state index is 13.3. The first-order chi connectivity index (χ1) is 8.65. The van der Waals surface area contributed by atoms with E-state index in [0.717, 1.165) is 17.9 Å². The summed E-state index contributed by atoms with van der Waals surface area (Å²) >= 11 is 1.63. The van der Waals surface area contributed by atoms with E-state index in [-0.39, 0.29) is 12.2 Å². The van der Waals surface area contributed by atoms with Crippen molar-refractivity contribution in [2.45, 2.75) is 6.42 Å². The van der Waals surface area contributed by atoms with Gasteiger partial charge >= 0.3 is 0 Å². The number of carbonyl (C=O) groups excluding carboxylic acids is 1. The van der Waals surface area contributed by atoms with Gasteiger partial charge in [-0.25, -0.2) is 4.39 Å². The van der Waals surface area contributed by atoms with E-state index in [1.165, 1.54) is 18.2 Å². The lowest BCUT2D eigenvalue weighted by Crippen LogP contribution is -2.26. The second-order valence-corrected chi connectivity index (χ2v) is 4.91. The van der Waals surface area contributed by atoms with Crippen molar-refractivity contribution in [1.82, 2.24) is 5.32 Å². The zero-order valence-corrected chi connectivity index (χ0v) is 10.8. The number of nitrogen functional groups attached to an aromatic ring is 1. The molecule has 6 heteroatoms. The van der Waals surface area contributed by atoms with Crippen LogP contribution in [0.5, 0.6) is 0 Å². The van der Waals surface area contributed by atoms with E-state index in [9.17, 15) is 9.18 Å². The molecule has 0 aliphatic rings. The fourth-order valence-corrected chi connectivity index (χ4v) is 2.10. The minimum absolute atomic E-state index is 0.0321. The molecular weight excluding hydrogens is 255 g/mol. The number of halogens is 1. The highest BCUT2D eigenvalue weighted by molar-refractivity contribution is 7.99. The third kappa shape index (κ3) is 4.93. The Morgan fingerprint density at radius 3 is 2.94 bits per heavy atom. The predicted octanol–water partition coefficient (Wildman–Crippen LogP) is 1.25. The molecule has 0 heterocycles. The Hall–Kier alpha value is -1.27. The van der Waals surface area contributed by atoms with Crippen molar-refractivity contribution >= 4 is 23.4 Å². The molecule has 1 aromatic rings. The third-order valence-corrected chi connectivity index (χ3v) is 3.28. The second kappa shape index (κ2) is 7.94. The van der Waals surface area contributed by atoms with Gasteiger partial charge in [0, 0.05) is 24.6 Å². The van der Waals surface area contributed by atoms with Crippen LogP contribution >= 0.6 is 11.8 Å². The summed E-state index contributed by atoms with van der Waals surface area (Å²) in [5, 5.41) is 11.2. The SMILES string of the molecule is Nc1ccc(F)c(C(=O)NCCSCCCO)c1. The quantitative estimate of drug-likeness (QED) is 0.516. The summed E-state index contributed by atoms with van der Waals surface area (Å²) < 4.78 is 13.3. The molecular formula is C12H17FN2O2S. The van der Waals surface area contributed by atoms with Crippen molar-refractivity contribution in [3.63, 3.8) is 0 Å². The predicted molar refractivity (Wildman–Crippen MR) is 72.2 cm³/mol. The number of anilines is 1. The molecule has 1 amide bonds. The molecule has 1 aromatic carbocycles. The average Bonchev–Trinajstić information content (AvgIpc) is 2.36. The van der Waals surface area contributed by atoms with E-state index in [2.05, 4.69) is 5.32 Å². The first-order valence-electron chi connectivity index (χ1n) is 5.67. The molecule has 0 spiro atoms. The van der Waals surface area contributed by atoms with Gasteiger partial charge in [-0.05, 0) is 30.4 Å². The van der Waals surface area contributed by atoms with E-state index in [4.69, 9.17) is 10.8 Å². The molecule has 100 valence electrons. The van der Waals surface area contributed by atoms with Gasteiger partial charge in [-0.2, -0.15) is 11.8 Å². The van der Waals surface area contributed by atoms with Gasteiger partial charge in [0.05, 0.1) is 5.56 Å². The van der Waals surface area contributed by atoms with Gasteiger partial charge in [0.25, 0.3) is 5.91 Å². The molecule has 18 heavy (non-hydrogen) atoms. The second-order valence-electron chi connectivity index (χ2n) is 3.68. The number of thioether (sulfide) groups is 1. The monoisotopic (exact) mass is 272 g/mol. The number of nitrogens with two attached hydrogens (primary N) is 1. The van der Waals surface area contributed by atoms with Gasteiger partial charge in [-0.15, -0.1) is 0 Å². The highest BCUT2D eigenvalue weighted by Crippen LogP contribution is 2.11. The fraction of sp³-hybridized carbons (Fsp3) is 0.417. The molecule has 0 saturated carbocycles. The summed E-state index contributed by atoms with van der Waals surface area (Å²) in [6.45, 7) is 0.636. The van der Waals surface area contributed by atoms with Crippen molar-refractivity contribution in [3.8, 4) is 0 Å². The zero-order valence-electron chi connectivity index (χ0n) is 9.99. The number of carbonyl (C=O) groups is 1.